The highest BCUT2D eigenvalue weighted by atomic mass is 16.6. The number of anilines is 1. The summed E-state index contributed by atoms with van der Waals surface area (Å²) in [5.41, 5.74) is 8.56. The van der Waals surface area contributed by atoms with Crippen LogP contribution in [0.4, 0.5) is 11.5 Å². The van der Waals surface area contributed by atoms with Crippen LogP contribution in [0.5, 0.6) is 0 Å². The molecule has 0 atom stereocenters. The quantitative estimate of drug-likeness (QED) is 0.572. The third-order valence-electron chi connectivity index (χ3n) is 3.30. The van der Waals surface area contributed by atoms with Crippen molar-refractivity contribution in [1.29, 1.82) is 0 Å². The summed E-state index contributed by atoms with van der Waals surface area (Å²) in [6, 6.07) is 8.55. The number of hydrogen-bond donors (Lipinski definition) is 1. The molecule has 6 heteroatoms. The van der Waals surface area contributed by atoms with Gasteiger partial charge in [-0.15, -0.1) is 0 Å². The van der Waals surface area contributed by atoms with Crippen molar-refractivity contribution in [2.75, 3.05) is 5.73 Å². The van der Waals surface area contributed by atoms with Gasteiger partial charge in [-0.1, -0.05) is 0 Å². The van der Waals surface area contributed by atoms with E-state index in [9.17, 15) is 10.1 Å². The van der Waals surface area contributed by atoms with E-state index in [-0.39, 0.29) is 5.69 Å². The third-order valence-corrected chi connectivity index (χ3v) is 3.30. The largest absolute Gasteiger partial charge is 0.383 e. The number of nitro benzene ring substituents is 1. The van der Waals surface area contributed by atoms with Crippen LogP contribution in [-0.2, 0) is 0 Å². The summed E-state index contributed by atoms with van der Waals surface area (Å²) < 4.78 is 1.95. The summed E-state index contributed by atoms with van der Waals surface area (Å²) >= 11 is 0. The van der Waals surface area contributed by atoms with Crippen molar-refractivity contribution in [2.24, 2.45) is 0 Å². The highest BCUT2D eigenvalue weighted by molar-refractivity contribution is 5.90. The van der Waals surface area contributed by atoms with Gasteiger partial charge in [0.1, 0.15) is 5.82 Å². The van der Waals surface area contributed by atoms with Gasteiger partial charge in [0.05, 0.1) is 10.4 Å². The second kappa shape index (κ2) is 4.34. The molecular weight excluding hydrogens is 256 g/mol. The number of nitro groups is 1. The van der Waals surface area contributed by atoms with Gasteiger partial charge in [0, 0.05) is 35.6 Å². The molecule has 0 bridgehead atoms. The zero-order chi connectivity index (χ0) is 14.3. The first-order valence-electron chi connectivity index (χ1n) is 6.05. The van der Waals surface area contributed by atoms with Gasteiger partial charge in [-0.3, -0.25) is 10.1 Å². The first kappa shape index (κ1) is 12.2. The first-order valence-corrected chi connectivity index (χ1v) is 6.05. The molecule has 0 aliphatic carbocycles. The Bertz CT molecular complexity index is 823. The van der Waals surface area contributed by atoms with Crippen molar-refractivity contribution in [1.82, 2.24) is 9.55 Å². The molecule has 2 N–H and O–H groups in total. The van der Waals surface area contributed by atoms with E-state index in [0.29, 0.717) is 5.82 Å². The molecule has 1 aromatic carbocycles. The summed E-state index contributed by atoms with van der Waals surface area (Å²) in [7, 11) is 0. The molecule has 0 saturated heterocycles. The van der Waals surface area contributed by atoms with E-state index in [2.05, 4.69) is 4.98 Å². The predicted molar refractivity (Wildman–Crippen MR) is 76.9 cm³/mol. The van der Waals surface area contributed by atoms with Crippen LogP contribution in [-0.4, -0.2) is 14.5 Å². The van der Waals surface area contributed by atoms with Crippen molar-refractivity contribution >= 4 is 22.4 Å². The van der Waals surface area contributed by atoms with Gasteiger partial charge in [-0.2, -0.15) is 0 Å². The predicted octanol–water partition coefficient (Wildman–Crippen LogP) is 2.82. The van der Waals surface area contributed by atoms with E-state index in [4.69, 9.17) is 5.73 Å². The van der Waals surface area contributed by atoms with Crippen LogP contribution in [0.3, 0.4) is 0 Å². The van der Waals surface area contributed by atoms with Crippen LogP contribution in [0.2, 0.25) is 0 Å². The fourth-order valence-corrected chi connectivity index (χ4v) is 2.32. The van der Waals surface area contributed by atoms with E-state index < -0.39 is 4.92 Å². The number of non-ortho nitro benzene ring substituents is 1. The van der Waals surface area contributed by atoms with E-state index >= 15 is 0 Å². The second-order valence-electron chi connectivity index (χ2n) is 4.54. The Balaban J connectivity index is 2.21. The maximum Gasteiger partial charge on any atom is 0.269 e. The minimum Gasteiger partial charge on any atom is -0.383 e. The average molecular weight is 268 g/mol. The maximum atomic E-state index is 10.8. The Hall–Kier alpha value is -2.89. The summed E-state index contributed by atoms with van der Waals surface area (Å²) in [6.45, 7) is 1.85. The molecule has 100 valence electrons. The zero-order valence-corrected chi connectivity index (χ0v) is 10.8. The van der Waals surface area contributed by atoms with Crippen molar-refractivity contribution < 1.29 is 4.92 Å². The van der Waals surface area contributed by atoms with E-state index in [0.717, 1.165) is 22.2 Å². The van der Waals surface area contributed by atoms with E-state index in [1.807, 2.05) is 29.8 Å². The Labute approximate surface area is 114 Å². The number of pyridine rings is 1. The Kier molecular flexibility index (Phi) is 2.64. The molecular formula is C14H12N4O2. The van der Waals surface area contributed by atoms with Crippen molar-refractivity contribution in [3.05, 3.63) is 58.4 Å². The van der Waals surface area contributed by atoms with Crippen LogP contribution in [0, 0.1) is 17.0 Å². The molecule has 3 aromatic rings. The van der Waals surface area contributed by atoms with Crippen LogP contribution in [0.15, 0.2) is 42.7 Å². The highest BCUT2D eigenvalue weighted by Gasteiger charge is 2.11. The zero-order valence-electron chi connectivity index (χ0n) is 10.8. The van der Waals surface area contributed by atoms with Crippen molar-refractivity contribution in [3.8, 4) is 5.69 Å². The fourth-order valence-electron chi connectivity index (χ4n) is 2.32. The van der Waals surface area contributed by atoms with Gasteiger partial charge in [-0.05, 0) is 30.7 Å². The van der Waals surface area contributed by atoms with Gasteiger partial charge in [0.2, 0.25) is 0 Å². The Morgan fingerprint density at radius 2 is 2.10 bits per heavy atom. The number of aromatic nitrogens is 2. The maximum absolute atomic E-state index is 10.8. The van der Waals surface area contributed by atoms with Crippen LogP contribution in [0.1, 0.15) is 5.56 Å². The van der Waals surface area contributed by atoms with Crippen molar-refractivity contribution in [2.45, 2.75) is 6.92 Å². The SMILES string of the molecule is Cc1cc([N+](=O)[O-])ccc1-n1ccc2c(N)nccc21. The standard InChI is InChI=1S/C14H12N4O2/c1-9-8-10(18(19)20)2-3-12(9)17-7-5-11-13(17)4-6-16-14(11)15/h2-8H,1H3,(H2,15,16). The lowest BCUT2D eigenvalue weighted by Crippen LogP contribution is -1.98. The van der Waals surface area contributed by atoms with Crippen LogP contribution >= 0.6 is 0 Å². The lowest BCUT2D eigenvalue weighted by Gasteiger charge is -2.09. The lowest BCUT2D eigenvalue weighted by molar-refractivity contribution is -0.384. The normalized spacial score (nSPS) is 10.8. The molecule has 0 amide bonds. The summed E-state index contributed by atoms with van der Waals surface area (Å²) in [5.74, 6) is 0.473. The molecule has 0 aliphatic rings. The number of rotatable bonds is 2. The van der Waals surface area contributed by atoms with Gasteiger partial charge in [-0.25, -0.2) is 4.98 Å². The van der Waals surface area contributed by atoms with Gasteiger partial charge in [0.15, 0.2) is 0 Å². The first-order chi connectivity index (χ1) is 9.58. The molecule has 0 radical (unpaired) electrons. The topological polar surface area (TPSA) is 87.0 Å². The smallest absolute Gasteiger partial charge is 0.269 e. The molecule has 6 nitrogen and oxygen atoms in total. The number of nitrogens with zero attached hydrogens (tertiary/aromatic N) is 3. The summed E-state index contributed by atoms with van der Waals surface area (Å²) in [5, 5.41) is 11.6. The second-order valence-corrected chi connectivity index (χ2v) is 4.54. The summed E-state index contributed by atoms with van der Waals surface area (Å²) in [4.78, 5) is 14.4. The molecule has 2 aromatic heterocycles. The number of nitrogen functional groups attached to an aromatic ring is 1. The number of nitrogens with two attached hydrogens (primary N) is 1. The molecule has 0 spiro atoms. The Morgan fingerprint density at radius 1 is 1.30 bits per heavy atom. The summed E-state index contributed by atoms with van der Waals surface area (Å²) in [6.07, 6.45) is 3.53. The molecule has 3 rings (SSSR count). The number of fused-ring (bicyclic) bond motifs is 1. The molecule has 20 heavy (non-hydrogen) atoms. The number of hydrogen-bond acceptors (Lipinski definition) is 4. The number of benzene rings is 1. The van der Waals surface area contributed by atoms with Gasteiger partial charge in [0.25, 0.3) is 5.69 Å². The van der Waals surface area contributed by atoms with E-state index in [1.54, 1.807) is 18.3 Å². The van der Waals surface area contributed by atoms with Crippen molar-refractivity contribution in [3.63, 3.8) is 0 Å². The molecule has 0 unspecified atom stereocenters. The van der Waals surface area contributed by atoms with Crippen LogP contribution in [0.25, 0.3) is 16.6 Å². The molecule has 0 fully saturated rings. The highest BCUT2D eigenvalue weighted by Crippen LogP contribution is 2.27. The third kappa shape index (κ3) is 1.78. The monoisotopic (exact) mass is 268 g/mol. The van der Waals surface area contributed by atoms with E-state index in [1.165, 1.54) is 6.07 Å². The Morgan fingerprint density at radius 3 is 2.80 bits per heavy atom. The van der Waals surface area contributed by atoms with Crippen LogP contribution < -0.4 is 5.73 Å². The minimum absolute atomic E-state index is 0.0869. The minimum atomic E-state index is -0.396. The van der Waals surface area contributed by atoms with Gasteiger partial charge < -0.3 is 10.3 Å². The molecule has 2 heterocycles. The number of aryl methyl sites for hydroxylation is 1. The van der Waals surface area contributed by atoms with Gasteiger partial charge >= 0.3 is 0 Å². The molecule has 0 saturated carbocycles. The fraction of sp³-hybridized carbons (Fsp3) is 0.0714. The lowest BCUT2D eigenvalue weighted by atomic mass is 10.1. The molecule has 0 aliphatic heterocycles. The average Bonchev–Trinajstić information content (AvgIpc) is 2.84.